The molecule has 0 saturated heterocycles. The minimum Gasteiger partial charge on any atom is -0.496 e. The van der Waals surface area contributed by atoms with Crippen LogP contribution in [0.3, 0.4) is 0 Å². The Hall–Kier alpha value is -3.78. The molecule has 32 heavy (non-hydrogen) atoms. The smallest absolute Gasteiger partial charge is 0.291 e. The molecular weight excluding hydrogens is 476 g/mol. The molecular formula is C24H19BrN2O5. The van der Waals surface area contributed by atoms with Gasteiger partial charge in [-0.1, -0.05) is 18.2 Å². The number of hydrogen-bond donors (Lipinski definition) is 2. The summed E-state index contributed by atoms with van der Waals surface area (Å²) in [6.45, 7) is 0. The molecule has 0 aliphatic heterocycles. The Morgan fingerprint density at radius 2 is 1.62 bits per heavy atom. The summed E-state index contributed by atoms with van der Waals surface area (Å²) in [5, 5.41) is 6.44. The summed E-state index contributed by atoms with van der Waals surface area (Å²) in [5.74, 6) is 0.514. The van der Waals surface area contributed by atoms with E-state index < -0.39 is 5.91 Å². The second-order valence-corrected chi connectivity index (χ2v) is 7.68. The van der Waals surface area contributed by atoms with Crippen molar-refractivity contribution in [3.05, 3.63) is 82.5 Å². The van der Waals surface area contributed by atoms with Gasteiger partial charge in [-0.05, 0) is 58.4 Å². The van der Waals surface area contributed by atoms with Crippen LogP contribution in [0.1, 0.15) is 20.9 Å². The zero-order valence-corrected chi connectivity index (χ0v) is 18.9. The molecule has 0 aliphatic rings. The fourth-order valence-electron chi connectivity index (χ4n) is 3.16. The van der Waals surface area contributed by atoms with Crippen molar-refractivity contribution >= 4 is 50.1 Å². The highest BCUT2D eigenvalue weighted by molar-refractivity contribution is 9.10. The van der Waals surface area contributed by atoms with Crippen molar-refractivity contribution in [3.8, 4) is 11.5 Å². The van der Waals surface area contributed by atoms with Gasteiger partial charge in [-0.2, -0.15) is 0 Å². The first-order valence-corrected chi connectivity index (χ1v) is 10.4. The summed E-state index contributed by atoms with van der Waals surface area (Å²) >= 11 is 3.37. The van der Waals surface area contributed by atoms with Gasteiger partial charge in [-0.3, -0.25) is 9.59 Å². The molecule has 0 aliphatic carbocycles. The number of carbonyl (C=O) groups is 2. The third-order valence-corrected chi connectivity index (χ3v) is 5.39. The average Bonchev–Trinajstić information content (AvgIpc) is 3.24. The molecule has 0 unspecified atom stereocenters. The van der Waals surface area contributed by atoms with Crippen LogP contribution in [0.2, 0.25) is 0 Å². The van der Waals surface area contributed by atoms with Gasteiger partial charge < -0.3 is 24.5 Å². The highest BCUT2D eigenvalue weighted by Gasteiger charge is 2.16. The number of amides is 2. The molecule has 3 aromatic carbocycles. The maximum atomic E-state index is 12.6. The van der Waals surface area contributed by atoms with E-state index in [1.54, 1.807) is 55.6 Å². The van der Waals surface area contributed by atoms with Crippen molar-refractivity contribution < 1.29 is 23.5 Å². The number of carbonyl (C=O) groups excluding carboxylic acids is 2. The van der Waals surface area contributed by atoms with Gasteiger partial charge in [0.05, 0.1) is 24.4 Å². The lowest BCUT2D eigenvalue weighted by Gasteiger charge is -2.12. The second-order valence-electron chi connectivity index (χ2n) is 6.82. The molecule has 162 valence electrons. The van der Waals surface area contributed by atoms with Crippen molar-refractivity contribution in [2.75, 3.05) is 24.9 Å². The summed E-state index contributed by atoms with van der Waals surface area (Å²) in [4.78, 5) is 25.2. The van der Waals surface area contributed by atoms with Gasteiger partial charge in [-0.15, -0.1) is 0 Å². The van der Waals surface area contributed by atoms with Crippen LogP contribution < -0.4 is 20.1 Å². The van der Waals surface area contributed by atoms with E-state index in [1.165, 1.54) is 7.11 Å². The SMILES string of the molecule is COc1ccc(C(=O)Nc2ccc(NC(=O)c3cc4ccccc4o3)c(OC)c2)cc1Br. The molecule has 0 saturated carbocycles. The summed E-state index contributed by atoms with van der Waals surface area (Å²) in [5.41, 5.74) is 2.05. The fourth-order valence-corrected chi connectivity index (χ4v) is 3.70. The van der Waals surface area contributed by atoms with Gasteiger partial charge in [0, 0.05) is 22.7 Å². The van der Waals surface area contributed by atoms with E-state index in [1.807, 2.05) is 18.2 Å². The van der Waals surface area contributed by atoms with Crippen LogP contribution in [0.5, 0.6) is 11.5 Å². The van der Waals surface area contributed by atoms with E-state index in [0.29, 0.717) is 38.5 Å². The lowest BCUT2D eigenvalue weighted by atomic mass is 10.2. The highest BCUT2D eigenvalue weighted by atomic mass is 79.9. The van der Waals surface area contributed by atoms with Crippen molar-refractivity contribution in [1.29, 1.82) is 0 Å². The number of rotatable bonds is 6. The first-order valence-electron chi connectivity index (χ1n) is 9.61. The molecule has 1 heterocycles. The standard InChI is InChI=1S/C24H19BrN2O5/c1-30-20-10-7-15(11-17(20)25)23(28)26-16-8-9-18(21(13-16)31-2)27-24(29)22-12-14-5-3-4-6-19(14)32-22/h3-13H,1-2H3,(H,26,28)(H,27,29). The number of furan rings is 1. The quantitative estimate of drug-likeness (QED) is 0.357. The number of methoxy groups -OCH3 is 2. The van der Waals surface area contributed by atoms with Gasteiger partial charge >= 0.3 is 0 Å². The van der Waals surface area contributed by atoms with Crippen LogP contribution in [-0.2, 0) is 0 Å². The molecule has 8 heteroatoms. The lowest BCUT2D eigenvalue weighted by molar-refractivity contribution is 0.0996. The van der Waals surface area contributed by atoms with Gasteiger partial charge in [0.1, 0.15) is 17.1 Å². The molecule has 0 fully saturated rings. The third kappa shape index (κ3) is 4.45. The number of ether oxygens (including phenoxy) is 2. The summed E-state index contributed by atoms with van der Waals surface area (Å²) in [6, 6.07) is 19.1. The summed E-state index contributed by atoms with van der Waals surface area (Å²) in [6.07, 6.45) is 0. The first-order chi connectivity index (χ1) is 15.5. The van der Waals surface area contributed by atoms with E-state index in [0.717, 1.165) is 5.39 Å². The van der Waals surface area contributed by atoms with Crippen LogP contribution in [-0.4, -0.2) is 26.0 Å². The van der Waals surface area contributed by atoms with Gasteiger partial charge in [0.25, 0.3) is 11.8 Å². The highest BCUT2D eigenvalue weighted by Crippen LogP contribution is 2.30. The number of para-hydroxylation sites is 1. The maximum absolute atomic E-state index is 12.6. The van der Waals surface area contributed by atoms with Gasteiger partial charge in [0.15, 0.2) is 5.76 Å². The number of hydrogen-bond acceptors (Lipinski definition) is 5. The van der Waals surface area contributed by atoms with E-state index in [2.05, 4.69) is 26.6 Å². The van der Waals surface area contributed by atoms with Crippen molar-refractivity contribution in [2.45, 2.75) is 0 Å². The van der Waals surface area contributed by atoms with Crippen LogP contribution in [0.4, 0.5) is 11.4 Å². The zero-order chi connectivity index (χ0) is 22.7. The Labute approximate surface area is 192 Å². The third-order valence-electron chi connectivity index (χ3n) is 4.77. The largest absolute Gasteiger partial charge is 0.496 e. The molecule has 2 amide bonds. The molecule has 2 N–H and O–H groups in total. The Kier molecular flexibility index (Phi) is 6.13. The molecule has 7 nitrogen and oxygen atoms in total. The van der Waals surface area contributed by atoms with E-state index in [4.69, 9.17) is 13.9 Å². The Morgan fingerprint density at radius 3 is 2.34 bits per heavy atom. The molecule has 0 radical (unpaired) electrons. The second kappa shape index (κ2) is 9.15. The normalized spacial score (nSPS) is 10.6. The zero-order valence-electron chi connectivity index (χ0n) is 17.3. The monoisotopic (exact) mass is 494 g/mol. The van der Waals surface area contributed by atoms with Crippen molar-refractivity contribution in [3.63, 3.8) is 0 Å². The predicted molar refractivity (Wildman–Crippen MR) is 126 cm³/mol. The van der Waals surface area contributed by atoms with Gasteiger partial charge in [-0.25, -0.2) is 0 Å². The molecule has 1 aromatic heterocycles. The number of fused-ring (bicyclic) bond motifs is 1. The summed E-state index contributed by atoms with van der Waals surface area (Å²) < 4.78 is 16.9. The fraction of sp³-hybridized carbons (Fsp3) is 0.0833. The van der Waals surface area contributed by atoms with Crippen molar-refractivity contribution in [2.24, 2.45) is 0 Å². The minimum atomic E-state index is -0.403. The van der Waals surface area contributed by atoms with Crippen LogP contribution in [0, 0.1) is 0 Å². The Balaban J connectivity index is 1.50. The lowest BCUT2D eigenvalue weighted by Crippen LogP contribution is -2.14. The number of nitrogens with one attached hydrogen (secondary N) is 2. The first kappa shape index (κ1) is 21.5. The summed E-state index contributed by atoms with van der Waals surface area (Å²) in [7, 11) is 3.04. The maximum Gasteiger partial charge on any atom is 0.291 e. The number of anilines is 2. The van der Waals surface area contributed by atoms with Crippen LogP contribution >= 0.6 is 15.9 Å². The predicted octanol–water partition coefficient (Wildman–Crippen LogP) is 5.72. The van der Waals surface area contributed by atoms with Crippen LogP contribution in [0.15, 0.2) is 75.6 Å². The van der Waals surface area contributed by atoms with Crippen LogP contribution in [0.25, 0.3) is 11.0 Å². The molecule has 0 atom stereocenters. The Morgan fingerprint density at radius 1 is 0.844 bits per heavy atom. The topological polar surface area (TPSA) is 89.8 Å². The van der Waals surface area contributed by atoms with Crippen molar-refractivity contribution in [1.82, 2.24) is 0 Å². The molecule has 4 aromatic rings. The molecule has 0 bridgehead atoms. The van der Waals surface area contributed by atoms with Gasteiger partial charge in [0.2, 0.25) is 0 Å². The molecule has 4 rings (SSSR count). The number of halogens is 1. The minimum absolute atomic E-state index is 0.190. The van der Waals surface area contributed by atoms with E-state index >= 15 is 0 Å². The average molecular weight is 495 g/mol. The molecule has 0 spiro atoms. The van der Waals surface area contributed by atoms with E-state index in [-0.39, 0.29) is 11.7 Å². The van der Waals surface area contributed by atoms with E-state index in [9.17, 15) is 9.59 Å². The Bertz CT molecular complexity index is 1280. The number of benzene rings is 3.